The molecule has 0 fully saturated rings. The lowest BCUT2D eigenvalue weighted by Gasteiger charge is -2.11. The van der Waals surface area contributed by atoms with Crippen LogP contribution < -0.4 is 0 Å². The number of carboxylic acid groups (broad SMARTS) is 2. The van der Waals surface area contributed by atoms with Crippen LogP contribution in [0.2, 0.25) is 0 Å². The first kappa shape index (κ1) is 11.4. The molecule has 1 aromatic carbocycles. The lowest BCUT2D eigenvalue weighted by Crippen LogP contribution is -2.09. The smallest absolute Gasteiger partial charge is 0.336 e. The highest BCUT2D eigenvalue weighted by Gasteiger charge is 2.28. The Hall–Kier alpha value is -2.69. The van der Waals surface area contributed by atoms with E-state index in [2.05, 4.69) is 4.99 Å². The molecule has 0 radical (unpaired) electrons. The average Bonchev–Trinajstić information content (AvgIpc) is 2.75. The van der Waals surface area contributed by atoms with Crippen molar-refractivity contribution in [3.63, 3.8) is 0 Å². The second-order valence-corrected chi connectivity index (χ2v) is 4.29. The van der Waals surface area contributed by atoms with Crippen LogP contribution in [0.25, 0.3) is 5.57 Å². The van der Waals surface area contributed by atoms with Crippen molar-refractivity contribution in [3.05, 3.63) is 47.1 Å². The summed E-state index contributed by atoms with van der Waals surface area (Å²) in [6.07, 6.45) is 3.47. The standard InChI is InChI=1S/C14H9NO4/c16-13(17)7-4-5-10-9(6-7)12-8(14(18)19)2-1-3-11(12)15-10/h1-4,6H,5H2,(H,16,17)(H,18,19). The van der Waals surface area contributed by atoms with Crippen molar-refractivity contribution >= 4 is 28.9 Å². The van der Waals surface area contributed by atoms with Crippen molar-refractivity contribution in [1.82, 2.24) is 0 Å². The summed E-state index contributed by atoms with van der Waals surface area (Å²) < 4.78 is 0. The fourth-order valence-corrected chi connectivity index (χ4v) is 2.33. The molecule has 0 spiro atoms. The van der Waals surface area contributed by atoms with E-state index in [9.17, 15) is 14.7 Å². The molecule has 0 saturated heterocycles. The van der Waals surface area contributed by atoms with Crippen LogP contribution in [-0.2, 0) is 4.79 Å². The number of hydrogen-bond acceptors (Lipinski definition) is 3. The van der Waals surface area contributed by atoms with Crippen LogP contribution in [0.5, 0.6) is 0 Å². The van der Waals surface area contributed by atoms with E-state index in [1.54, 1.807) is 18.2 Å². The Morgan fingerprint density at radius 3 is 2.63 bits per heavy atom. The number of aliphatic imine (C=N–C) groups is 1. The van der Waals surface area contributed by atoms with Gasteiger partial charge in [-0.15, -0.1) is 0 Å². The van der Waals surface area contributed by atoms with E-state index >= 15 is 0 Å². The molecule has 94 valence electrons. The average molecular weight is 255 g/mol. The summed E-state index contributed by atoms with van der Waals surface area (Å²) in [6, 6.07) is 4.86. The highest BCUT2D eigenvalue weighted by molar-refractivity contribution is 6.33. The Morgan fingerprint density at radius 2 is 1.95 bits per heavy atom. The number of benzene rings is 1. The Morgan fingerprint density at radius 1 is 1.16 bits per heavy atom. The molecule has 5 nitrogen and oxygen atoms in total. The molecule has 2 N–H and O–H groups in total. The molecule has 0 atom stereocenters. The van der Waals surface area contributed by atoms with Crippen LogP contribution >= 0.6 is 0 Å². The zero-order valence-electron chi connectivity index (χ0n) is 9.75. The van der Waals surface area contributed by atoms with Crippen molar-refractivity contribution in [2.24, 2.45) is 4.99 Å². The van der Waals surface area contributed by atoms with E-state index in [1.807, 2.05) is 0 Å². The first-order valence-corrected chi connectivity index (χ1v) is 5.67. The SMILES string of the molecule is O=C(O)C1=CCC2=Nc3cccc(C(=O)O)c3C2=C1. The Kier molecular flexibility index (Phi) is 2.35. The van der Waals surface area contributed by atoms with Crippen molar-refractivity contribution in [3.8, 4) is 0 Å². The van der Waals surface area contributed by atoms with Gasteiger partial charge in [0.2, 0.25) is 0 Å². The first-order valence-electron chi connectivity index (χ1n) is 5.67. The summed E-state index contributed by atoms with van der Waals surface area (Å²) in [6.45, 7) is 0. The molecule has 3 rings (SSSR count). The van der Waals surface area contributed by atoms with Gasteiger partial charge in [-0.1, -0.05) is 12.1 Å². The van der Waals surface area contributed by atoms with Crippen molar-refractivity contribution < 1.29 is 19.8 Å². The van der Waals surface area contributed by atoms with Crippen LogP contribution in [-0.4, -0.2) is 27.9 Å². The van der Waals surface area contributed by atoms with Crippen molar-refractivity contribution in [2.45, 2.75) is 6.42 Å². The van der Waals surface area contributed by atoms with E-state index in [-0.39, 0.29) is 11.1 Å². The van der Waals surface area contributed by atoms with Crippen LogP contribution in [0, 0.1) is 0 Å². The quantitative estimate of drug-likeness (QED) is 0.848. The highest BCUT2D eigenvalue weighted by Crippen LogP contribution is 2.40. The number of hydrogen-bond donors (Lipinski definition) is 2. The summed E-state index contributed by atoms with van der Waals surface area (Å²) in [5.41, 5.74) is 2.73. The van der Waals surface area contributed by atoms with Crippen molar-refractivity contribution in [1.29, 1.82) is 0 Å². The Labute approximate surface area is 108 Å². The molecule has 1 heterocycles. The zero-order valence-corrected chi connectivity index (χ0v) is 9.75. The normalized spacial score (nSPS) is 15.9. The minimum Gasteiger partial charge on any atom is -0.478 e. The number of rotatable bonds is 2. The fraction of sp³-hybridized carbons (Fsp3) is 0.0714. The van der Waals surface area contributed by atoms with Gasteiger partial charge in [0.05, 0.1) is 22.5 Å². The van der Waals surface area contributed by atoms with Gasteiger partial charge in [-0.25, -0.2) is 9.59 Å². The Balaban J connectivity index is 2.21. The highest BCUT2D eigenvalue weighted by atomic mass is 16.4. The Bertz CT molecular complexity index is 710. The zero-order chi connectivity index (χ0) is 13.6. The predicted molar refractivity (Wildman–Crippen MR) is 68.8 cm³/mol. The topological polar surface area (TPSA) is 87.0 Å². The second kappa shape index (κ2) is 3.91. The molecule has 0 bridgehead atoms. The molecule has 1 aliphatic heterocycles. The number of aliphatic carboxylic acids is 1. The van der Waals surface area contributed by atoms with Gasteiger partial charge in [-0.05, 0) is 18.2 Å². The molecule has 0 amide bonds. The molecular formula is C14H9NO4. The number of fused-ring (bicyclic) bond motifs is 3. The van der Waals surface area contributed by atoms with Crippen LogP contribution in [0.4, 0.5) is 5.69 Å². The largest absolute Gasteiger partial charge is 0.478 e. The third kappa shape index (κ3) is 1.67. The minimum atomic E-state index is -1.04. The van der Waals surface area contributed by atoms with E-state index in [0.717, 1.165) is 0 Å². The molecule has 1 aliphatic carbocycles. The monoisotopic (exact) mass is 255 g/mol. The molecule has 0 saturated carbocycles. The molecular weight excluding hydrogens is 246 g/mol. The minimum absolute atomic E-state index is 0.147. The fourth-order valence-electron chi connectivity index (χ4n) is 2.33. The maximum absolute atomic E-state index is 11.2. The van der Waals surface area contributed by atoms with Crippen LogP contribution in [0.15, 0.2) is 40.9 Å². The lowest BCUT2D eigenvalue weighted by atomic mass is 9.91. The van der Waals surface area contributed by atoms with Gasteiger partial charge in [-0.2, -0.15) is 0 Å². The summed E-state index contributed by atoms with van der Waals surface area (Å²) in [5.74, 6) is -2.06. The van der Waals surface area contributed by atoms with Gasteiger partial charge in [0.15, 0.2) is 0 Å². The summed E-state index contributed by atoms with van der Waals surface area (Å²) in [5, 5.41) is 18.2. The predicted octanol–water partition coefficient (Wildman–Crippen LogP) is 2.27. The number of allylic oxidation sites excluding steroid dienone is 2. The number of carboxylic acids is 2. The third-order valence-electron chi connectivity index (χ3n) is 3.17. The van der Waals surface area contributed by atoms with Crippen molar-refractivity contribution in [2.75, 3.05) is 0 Å². The van der Waals surface area contributed by atoms with Gasteiger partial charge in [-0.3, -0.25) is 4.99 Å². The maximum atomic E-state index is 11.2. The van der Waals surface area contributed by atoms with E-state index in [4.69, 9.17) is 5.11 Å². The summed E-state index contributed by atoms with van der Waals surface area (Å²) in [4.78, 5) is 26.6. The molecule has 0 aromatic heterocycles. The van der Waals surface area contributed by atoms with Gasteiger partial charge in [0.25, 0.3) is 0 Å². The lowest BCUT2D eigenvalue weighted by molar-refractivity contribution is -0.132. The summed E-state index contributed by atoms with van der Waals surface area (Å²) >= 11 is 0. The number of carbonyl (C=O) groups is 2. The number of aromatic carboxylic acids is 1. The first-order chi connectivity index (χ1) is 9.08. The summed E-state index contributed by atoms with van der Waals surface area (Å²) in [7, 11) is 0. The van der Waals surface area contributed by atoms with Gasteiger partial charge in [0, 0.05) is 17.6 Å². The van der Waals surface area contributed by atoms with E-state index in [1.165, 1.54) is 12.1 Å². The third-order valence-corrected chi connectivity index (χ3v) is 3.17. The van der Waals surface area contributed by atoms with E-state index < -0.39 is 11.9 Å². The van der Waals surface area contributed by atoms with Crippen LogP contribution in [0.1, 0.15) is 22.3 Å². The number of nitrogens with zero attached hydrogens (tertiary/aromatic N) is 1. The maximum Gasteiger partial charge on any atom is 0.336 e. The van der Waals surface area contributed by atoms with Gasteiger partial charge in [0.1, 0.15) is 0 Å². The molecule has 19 heavy (non-hydrogen) atoms. The molecule has 1 aromatic rings. The molecule has 2 aliphatic rings. The van der Waals surface area contributed by atoms with Gasteiger partial charge >= 0.3 is 11.9 Å². The van der Waals surface area contributed by atoms with Crippen LogP contribution in [0.3, 0.4) is 0 Å². The van der Waals surface area contributed by atoms with Gasteiger partial charge < -0.3 is 10.2 Å². The molecule has 5 heteroatoms. The second-order valence-electron chi connectivity index (χ2n) is 4.29. The molecule has 0 unspecified atom stereocenters. The van der Waals surface area contributed by atoms with E-state index in [0.29, 0.717) is 29.0 Å².